The first kappa shape index (κ1) is 47.1. The Morgan fingerprint density at radius 1 is 0.310 bits per heavy atom. The van der Waals surface area contributed by atoms with E-state index in [1.807, 2.05) is 0 Å². The fourth-order valence-electron chi connectivity index (χ4n) is 11.6. The first-order valence-corrected chi connectivity index (χ1v) is 25.3. The molecule has 1 aliphatic heterocycles. The molecule has 0 bridgehead atoms. The molecule has 10 rings (SSSR count). The van der Waals surface area contributed by atoms with Gasteiger partial charge in [0.25, 0.3) is 0 Å². The average Bonchev–Trinajstić information content (AvgIpc) is 3.37. The van der Waals surface area contributed by atoms with E-state index in [9.17, 15) is 0 Å². The molecule has 0 amide bonds. The van der Waals surface area contributed by atoms with E-state index in [4.69, 9.17) is 0 Å². The molecule has 9 aromatic carbocycles. The summed E-state index contributed by atoms with van der Waals surface area (Å²) in [4.78, 5) is 7.61. The monoisotopic (exact) mass is 926 g/mol. The molecule has 0 aliphatic carbocycles. The van der Waals surface area contributed by atoms with Crippen LogP contribution in [-0.4, -0.2) is 0 Å². The van der Waals surface area contributed by atoms with Gasteiger partial charge in [0.15, 0.2) is 0 Å². The molecular weight excluding hydrogens is 859 g/mol. The van der Waals surface area contributed by atoms with Crippen molar-refractivity contribution in [3.63, 3.8) is 0 Å². The highest BCUT2D eigenvalue weighted by molar-refractivity contribution is 5.92. The van der Waals surface area contributed by atoms with Gasteiger partial charge >= 0.3 is 0 Å². The van der Waals surface area contributed by atoms with Crippen molar-refractivity contribution in [3.8, 4) is 0 Å². The molecule has 3 nitrogen and oxygen atoms in total. The normalized spacial score (nSPS) is 12.7. The van der Waals surface area contributed by atoms with E-state index in [2.05, 4.69) is 275 Å². The van der Waals surface area contributed by atoms with Gasteiger partial charge in [-0.3, -0.25) is 0 Å². The average molecular weight is 926 g/mol. The zero-order valence-corrected chi connectivity index (χ0v) is 44.0. The van der Waals surface area contributed by atoms with Gasteiger partial charge in [-0.05, 0) is 228 Å². The fraction of sp³-hybridized carbons (Fsp3) is 0.206. The number of benzene rings is 9. The van der Waals surface area contributed by atoms with Crippen molar-refractivity contribution in [1.82, 2.24) is 0 Å². The summed E-state index contributed by atoms with van der Waals surface area (Å²) in [5.74, 6) is 0. The lowest BCUT2D eigenvalue weighted by Crippen LogP contribution is -2.38. The van der Waals surface area contributed by atoms with E-state index in [1.54, 1.807) is 0 Å². The number of anilines is 9. The Bertz CT molecular complexity index is 3210. The van der Waals surface area contributed by atoms with E-state index in [0.717, 1.165) is 28.4 Å². The Hall–Kier alpha value is -7.62. The second-order valence-corrected chi connectivity index (χ2v) is 20.4. The quantitative estimate of drug-likeness (QED) is 0.143. The van der Waals surface area contributed by atoms with E-state index >= 15 is 0 Å². The van der Waals surface area contributed by atoms with Crippen LogP contribution >= 0.6 is 0 Å². The lowest BCUT2D eigenvalue weighted by atomic mass is 9.62. The Kier molecular flexibility index (Phi) is 12.1. The molecule has 1 aliphatic rings. The molecule has 0 unspecified atom stereocenters. The van der Waals surface area contributed by atoms with Crippen LogP contribution in [0.2, 0.25) is 0 Å². The molecule has 0 atom stereocenters. The molecule has 3 heteroatoms. The van der Waals surface area contributed by atoms with Crippen LogP contribution in [0.4, 0.5) is 51.2 Å². The minimum Gasteiger partial charge on any atom is -0.310 e. The van der Waals surface area contributed by atoms with Crippen molar-refractivity contribution in [2.45, 2.75) is 95.4 Å². The van der Waals surface area contributed by atoms with Gasteiger partial charge in [-0.25, -0.2) is 0 Å². The molecule has 0 aromatic heterocycles. The Balaban J connectivity index is 1.34. The molecule has 71 heavy (non-hydrogen) atoms. The summed E-state index contributed by atoms with van der Waals surface area (Å²) >= 11 is 0. The van der Waals surface area contributed by atoms with Gasteiger partial charge in [0.1, 0.15) is 0 Å². The van der Waals surface area contributed by atoms with Crippen molar-refractivity contribution in [2.24, 2.45) is 0 Å². The molecule has 0 saturated carbocycles. The van der Waals surface area contributed by atoms with Gasteiger partial charge < -0.3 is 14.7 Å². The maximum Gasteiger partial charge on any atom is 0.0743 e. The molecule has 354 valence electrons. The maximum atomic E-state index is 2.57. The highest BCUT2D eigenvalue weighted by Gasteiger charge is 2.47. The van der Waals surface area contributed by atoms with E-state index in [1.165, 1.54) is 117 Å². The van der Waals surface area contributed by atoms with Crippen molar-refractivity contribution < 1.29 is 0 Å². The standard InChI is InChI=1S/C68H67N3/c1-42-28-38-57(39-29-42)69-62-26-16-14-24-60(62)68(61-25-15-17-27-63(61)69,55-20-18-22-58(40-55)70(64-47(6)34-30-43(2)51(64)10)65-48(7)35-31-44(3)52(65)11)56-21-19-23-59(41-56)71(66-49(8)36-32-45(4)53(66)12)67-50(9)37-33-46(5)54(67)13/h14-41H,1-13H3. The lowest BCUT2D eigenvalue weighted by molar-refractivity contribution is 0.731. The summed E-state index contributed by atoms with van der Waals surface area (Å²) < 4.78 is 0. The third kappa shape index (κ3) is 7.65. The predicted molar refractivity (Wildman–Crippen MR) is 304 cm³/mol. The summed E-state index contributed by atoms with van der Waals surface area (Å²) in [6, 6.07) is 64.5. The minimum atomic E-state index is -0.779. The third-order valence-corrected chi connectivity index (χ3v) is 16.0. The Morgan fingerprint density at radius 3 is 0.986 bits per heavy atom. The molecule has 0 fully saturated rings. The number of hydrogen-bond donors (Lipinski definition) is 0. The molecule has 0 N–H and O–H groups in total. The zero-order valence-electron chi connectivity index (χ0n) is 44.0. The molecule has 0 saturated heterocycles. The summed E-state index contributed by atoms with van der Waals surface area (Å²) in [5.41, 5.74) is 31.1. The summed E-state index contributed by atoms with van der Waals surface area (Å²) in [7, 11) is 0. The minimum absolute atomic E-state index is 0.779. The SMILES string of the molecule is Cc1ccc(N2c3ccccc3C(c3cccc(N(c4c(C)ccc(C)c4C)c4c(C)ccc(C)c4C)c3)(c3cccc(N(c4c(C)ccc(C)c4C)c4c(C)ccc(C)c4C)c3)c3ccccc32)cc1. The second-order valence-electron chi connectivity index (χ2n) is 20.4. The van der Waals surface area contributed by atoms with Crippen molar-refractivity contribution in [1.29, 1.82) is 0 Å². The van der Waals surface area contributed by atoms with Crippen LogP contribution < -0.4 is 14.7 Å². The van der Waals surface area contributed by atoms with E-state index < -0.39 is 5.41 Å². The van der Waals surface area contributed by atoms with Crippen LogP contribution in [0.1, 0.15) is 94.6 Å². The van der Waals surface area contributed by atoms with Crippen LogP contribution in [-0.2, 0) is 5.41 Å². The Morgan fingerprint density at radius 2 is 0.634 bits per heavy atom. The first-order chi connectivity index (χ1) is 34.1. The van der Waals surface area contributed by atoms with Crippen LogP contribution in [0.25, 0.3) is 0 Å². The zero-order chi connectivity index (χ0) is 50.0. The van der Waals surface area contributed by atoms with Crippen LogP contribution in [0.15, 0.2) is 170 Å². The highest BCUT2D eigenvalue weighted by atomic mass is 15.2. The van der Waals surface area contributed by atoms with Gasteiger partial charge in [-0.1, -0.05) is 127 Å². The van der Waals surface area contributed by atoms with E-state index in [-0.39, 0.29) is 0 Å². The van der Waals surface area contributed by atoms with Gasteiger partial charge in [0.2, 0.25) is 0 Å². The van der Waals surface area contributed by atoms with Crippen LogP contribution in [0, 0.1) is 90.0 Å². The molecule has 9 aromatic rings. The molecular formula is C68H67N3. The van der Waals surface area contributed by atoms with Gasteiger partial charge in [-0.15, -0.1) is 0 Å². The number of rotatable bonds is 9. The molecule has 0 spiro atoms. The summed E-state index contributed by atoms with van der Waals surface area (Å²) in [5, 5.41) is 0. The first-order valence-electron chi connectivity index (χ1n) is 25.3. The fourth-order valence-corrected chi connectivity index (χ4v) is 11.6. The number of nitrogens with zero attached hydrogens (tertiary/aromatic N) is 3. The molecule has 1 heterocycles. The van der Waals surface area contributed by atoms with Crippen molar-refractivity contribution in [2.75, 3.05) is 14.7 Å². The topological polar surface area (TPSA) is 9.72 Å². The highest BCUT2D eigenvalue weighted by Crippen LogP contribution is 2.59. The van der Waals surface area contributed by atoms with Crippen molar-refractivity contribution in [3.05, 3.63) is 264 Å². The van der Waals surface area contributed by atoms with Crippen LogP contribution in [0.5, 0.6) is 0 Å². The predicted octanol–water partition coefficient (Wildman–Crippen LogP) is 18.8. The van der Waals surface area contributed by atoms with Crippen LogP contribution in [0.3, 0.4) is 0 Å². The number of hydrogen-bond acceptors (Lipinski definition) is 3. The number of para-hydroxylation sites is 2. The summed E-state index contributed by atoms with van der Waals surface area (Å²) in [6.45, 7) is 29.3. The smallest absolute Gasteiger partial charge is 0.0743 e. The Labute approximate surface area is 423 Å². The second kappa shape index (κ2) is 18.3. The van der Waals surface area contributed by atoms with Crippen molar-refractivity contribution >= 4 is 51.2 Å². The van der Waals surface area contributed by atoms with Gasteiger partial charge in [0.05, 0.1) is 39.5 Å². The summed E-state index contributed by atoms with van der Waals surface area (Å²) in [6.07, 6.45) is 0. The lowest BCUT2D eigenvalue weighted by Gasteiger charge is -2.47. The molecule has 0 radical (unpaired) electrons. The maximum absolute atomic E-state index is 2.57. The largest absolute Gasteiger partial charge is 0.310 e. The third-order valence-electron chi connectivity index (χ3n) is 16.0. The van der Waals surface area contributed by atoms with Gasteiger partial charge in [0, 0.05) is 17.1 Å². The van der Waals surface area contributed by atoms with Gasteiger partial charge in [-0.2, -0.15) is 0 Å². The van der Waals surface area contributed by atoms with E-state index in [0.29, 0.717) is 0 Å². The number of aryl methyl sites for hydroxylation is 9. The number of fused-ring (bicyclic) bond motifs is 2.